The van der Waals surface area contributed by atoms with Crippen LogP contribution in [0.5, 0.6) is 0 Å². The van der Waals surface area contributed by atoms with Crippen molar-refractivity contribution in [3.63, 3.8) is 0 Å². The topological polar surface area (TPSA) is 26.5 Å². The van der Waals surface area contributed by atoms with Gasteiger partial charge in [-0.3, -0.25) is 0 Å². The molecule has 9 heteroatoms. The third kappa shape index (κ3) is 8.35. The zero-order valence-electron chi connectivity index (χ0n) is 34.7. The Labute approximate surface area is 344 Å². The number of aliphatic imine (C=N–C) groups is 1. The van der Waals surface area contributed by atoms with Crippen LogP contribution in [-0.2, 0) is 15.5 Å². The lowest BCUT2D eigenvalue weighted by atomic mass is 9.71. The molecule has 59 heavy (non-hydrogen) atoms. The summed E-state index contributed by atoms with van der Waals surface area (Å²) in [6.07, 6.45) is -5.81. The number of benzene rings is 5. The molecule has 1 aliphatic heterocycles. The fraction of sp³-hybridized carbons (Fsp3) is 0.260. The van der Waals surface area contributed by atoms with Crippen LogP contribution in [0.4, 0.5) is 22.0 Å². The maximum atomic E-state index is 14.9. The lowest BCUT2D eigenvalue weighted by molar-refractivity contribution is -0.290. The number of nitrogens with zero attached hydrogens (tertiary/aromatic N) is 2. The third-order valence-electron chi connectivity index (χ3n) is 11.0. The molecular formula is C50H48BF5N2O. The molecule has 0 saturated heterocycles. The van der Waals surface area contributed by atoms with Crippen molar-refractivity contribution in [2.75, 3.05) is 6.61 Å². The zero-order chi connectivity index (χ0) is 42.5. The minimum absolute atomic E-state index is 0.129. The zero-order valence-corrected chi connectivity index (χ0v) is 34.7. The molecule has 0 radical (unpaired) electrons. The van der Waals surface area contributed by atoms with Gasteiger partial charge in [-0.15, -0.1) is 0 Å². The van der Waals surface area contributed by atoms with Crippen molar-refractivity contribution in [1.82, 2.24) is 4.48 Å². The molecule has 0 saturated carbocycles. The highest BCUT2D eigenvalue weighted by Gasteiger charge is 2.58. The number of hydrogen-bond donors (Lipinski definition) is 0. The minimum Gasteiger partial charge on any atom is -0.406 e. The van der Waals surface area contributed by atoms with E-state index < -0.39 is 25.8 Å². The van der Waals surface area contributed by atoms with E-state index in [1.807, 2.05) is 105 Å². The van der Waals surface area contributed by atoms with E-state index in [0.717, 1.165) is 55.8 Å². The smallest absolute Gasteiger partial charge is 0.406 e. The molecule has 2 heterocycles. The summed E-state index contributed by atoms with van der Waals surface area (Å²) < 4.78 is 78.9. The van der Waals surface area contributed by atoms with Gasteiger partial charge >= 0.3 is 19.1 Å². The summed E-state index contributed by atoms with van der Waals surface area (Å²) in [5.74, 6) is -5.11. The van der Waals surface area contributed by atoms with Crippen LogP contribution in [0.25, 0.3) is 33.7 Å². The van der Waals surface area contributed by atoms with Crippen LogP contribution >= 0.6 is 0 Å². The van der Waals surface area contributed by atoms with Crippen LogP contribution in [0.1, 0.15) is 87.5 Å². The Hall–Kier alpha value is -5.54. The standard InChI is InChI=1S/C50H48BF5N2O/c1-32-18-20-36(21-19-32)45-41-17-13-12-16-40(41)44(57-45)33(2)46-42(34-22-26-37(27-23-34)47(3,4)5)30-43(35-24-28-38(29-25-35)48(6,7)8)58(46)51(39-14-10-9-11-15-39)59-31-49(52,53)50(54,55)56/h9-30H,31H2,1-8H3/b44-33-. The molecule has 0 fully saturated rings. The van der Waals surface area contributed by atoms with Gasteiger partial charge in [0.1, 0.15) is 6.61 Å². The quantitative estimate of drug-likeness (QED) is 0.106. The second-order valence-corrected chi connectivity index (χ2v) is 17.4. The molecule has 0 N–H and O–H groups in total. The van der Waals surface area contributed by atoms with E-state index in [0.29, 0.717) is 28.1 Å². The second-order valence-electron chi connectivity index (χ2n) is 17.4. The van der Waals surface area contributed by atoms with Gasteiger partial charge in [0.05, 0.1) is 11.4 Å². The Kier molecular flexibility index (Phi) is 11.0. The number of alkyl halides is 5. The van der Waals surface area contributed by atoms with E-state index >= 15 is 0 Å². The molecular weight excluding hydrogens is 750 g/mol. The Bertz CT molecular complexity index is 2520. The molecule has 0 amide bonds. The molecule has 0 unspecified atom stereocenters. The molecule has 7 rings (SSSR count). The summed E-state index contributed by atoms with van der Waals surface area (Å²) in [5.41, 5.74) is 11.8. The molecule has 6 aromatic rings. The summed E-state index contributed by atoms with van der Waals surface area (Å²) >= 11 is 0. The second kappa shape index (κ2) is 15.6. The third-order valence-corrected chi connectivity index (χ3v) is 11.0. The highest BCUT2D eigenvalue weighted by molar-refractivity contribution is 6.66. The van der Waals surface area contributed by atoms with Gasteiger partial charge in [-0.25, -0.2) is 4.99 Å². The van der Waals surface area contributed by atoms with Gasteiger partial charge in [0.25, 0.3) is 0 Å². The molecule has 5 aromatic carbocycles. The van der Waals surface area contributed by atoms with Gasteiger partial charge in [0.2, 0.25) is 0 Å². The van der Waals surface area contributed by atoms with Crippen LogP contribution in [0, 0.1) is 6.92 Å². The first kappa shape index (κ1) is 41.6. The van der Waals surface area contributed by atoms with Crippen LogP contribution in [0.2, 0.25) is 0 Å². The van der Waals surface area contributed by atoms with Gasteiger partial charge in [-0.1, -0.05) is 174 Å². The van der Waals surface area contributed by atoms with Crippen LogP contribution < -0.4 is 5.46 Å². The lowest BCUT2D eigenvalue weighted by Crippen LogP contribution is -2.48. The molecule has 302 valence electrons. The average Bonchev–Trinajstić information content (AvgIpc) is 3.78. The van der Waals surface area contributed by atoms with E-state index in [2.05, 4.69) is 53.7 Å². The highest BCUT2D eigenvalue weighted by Crippen LogP contribution is 2.44. The SMILES string of the molecule is C/C(=C1/N=C(c2ccc(C)cc2)c2ccccc21)c1c(-c2ccc(C(C)(C)C)cc2)cc(-c2ccc(C(C)(C)C)cc2)n1B(OCC(F)(F)C(F)(F)F)c1ccccc1. The molecule has 0 bridgehead atoms. The number of fused-ring (bicyclic) bond motifs is 1. The summed E-state index contributed by atoms with van der Waals surface area (Å²) in [5, 5.41) is 0. The monoisotopic (exact) mass is 798 g/mol. The maximum absolute atomic E-state index is 14.9. The number of rotatable bonds is 9. The minimum atomic E-state index is -5.81. The van der Waals surface area contributed by atoms with E-state index in [1.54, 1.807) is 34.8 Å². The Morgan fingerprint density at radius 3 is 1.66 bits per heavy atom. The molecule has 0 spiro atoms. The number of aromatic nitrogens is 1. The van der Waals surface area contributed by atoms with Gasteiger partial charge < -0.3 is 9.13 Å². The summed E-state index contributed by atoms with van der Waals surface area (Å²) in [4.78, 5) is 5.30. The summed E-state index contributed by atoms with van der Waals surface area (Å²) in [7, 11) is -1.41. The molecule has 1 aliphatic rings. The molecule has 0 atom stereocenters. The van der Waals surface area contributed by atoms with Crippen LogP contribution in [0.15, 0.2) is 138 Å². The van der Waals surface area contributed by atoms with Crippen LogP contribution in [0.3, 0.4) is 0 Å². The van der Waals surface area contributed by atoms with Gasteiger partial charge in [-0.05, 0) is 64.0 Å². The number of halogens is 5. The molecule has 0 aliphatic carbocycles. The average molecular weight is 799 g/mol. The van der Waals surface area contributed by atoms with E-state index in [-0.39, 0.29) is 10.8 Å². The predicted octanol–water partition coefficient (Wildman–Crippen LogP) is 12.9. The number of hydrogen-bond acceptors (Lipinski definition) is 2. The highest BCUT2D eigenvalue weighted by atomic mass is 19.4. The van der Waals surface area contributed by atoms with Gasteiger partial charge in [-0.2, -0.15) is 22.0 Å². The van der Waals surface area contributed by atoms with E-state index in [1.165, 1.54) is 0 Å². The van der Waals surface area contributed by atoms with Crippen molar-refractivity contribution in [3.8, 4) is 22.4 Å². The molecule has 1 aromatic heterocycles. The summed E-state index contributed by atoms with van der Waals surface area (Å²) in [6, 6.07) is 42.9. The fourth-order valence-corrected chi connectivity index (χ4v) is 7.55. The predicted molar refractivity (Wildman–Crippen MR) is 233 cm³/mol. The number of allylic oxidation sites excluding steroid dienone is 1. The normalized spacial score (nSPS) is 14.3. The van der Waals surface area contributed by atoms with Crippen molar-refractivity contribution in [1.29, 1.82) is 0 Å². The fourth-order valence-electron chi connectivity index (χ4n) is 7.55. The van der Waals surface area contributed by atoms with Crippen LogP contribution in [-0.4, -0.2) is 35.9 Å². The van der Waals surface area contributed by atoms with Crippen molar-refractivity contribution in [3.05, 3.63) is 173 Å². The lowest BCUT2D eigenvalue weighted by Gasteiger charge is -2.26. The first-order valence-electron chi connectivity index (χ1n) is 19.8. The largest absolute Gasteiger partial charge is 0.456 e. The van der Waals surface area contributed by atoms with Crippen molar-refractivity contribution >= 4 is 29.5 Å². The maximum Gasteiger partial charge on any atom is 0.456 e. The Morgan fingerprint density at radius 2 is 1.12 bits per heavy atom. The summed E-state index contributed by atoms with van der Waals surface area (Å²) in [6.45, 7) is 14.8. The van der Waals surface area contributed by atoms with E-state index in [9.17, 15) is 22.0 Å². The van der Waals surface area contributed by atoms with E-state index in [4.69, 9.17) is 9.65 Å². The van der Waals surface area contributed by atoms with Gasteiger partial charge in [0.15, 0.2) is 0 Å². The van der Waals surface area contributed by atoms with Crippen molar-refractivity contribution in [2.45, 2.75) is 78.3 Å². The first-order chi connectivity index (χ1) is 27.7. The molecule has 3 nitrogen and oxygen atoms in total. The Balaban J connectivity index is 1.58. The van der Waals surface area contributed by atoms with Crippen molar-refractivity contribution in [2.24, 2.45) is 4.99 Å². The number of aryl methyl sites for hydroxylation is 1. The Morgan fingerprint density at radius 1 is 0.610 bits per heavy atom. The van der Waals surface area contributed by atoms with Gasteiger partial charge in [0, 0.05) is 33.6 Å². The van der Waals surface area contributed by atoms with Crippen molar-refractivity contribution < 1.29 is 26.6 Å². The first-order valence-corrected chi connectivity index (χ1v) is 19.8.